The van der Waals surface area contributed by atoms with Crippen LogP contribution in [0.1, 0.15) is 36.9 Å². The average molecular weight is 480 g/mol. The second-order valence-corrected chi connectivity index (χ2v) is 9.57. The van der Waals surface area contributed by atoms with Gasteiger partial charge in [0.1, 0.15) is 16.7 Å². The summed E-state index contributed by atoms with van der Waals surface area (Å²) in [6.07, 6.45) is 8.45. The van der Waals surface area contributed by atoms with Gasteiger partial charge in [-0.2, -0.15) is 0 Å². The number of pyridine rings is 1. The number of likely N-dealkylation sites (N-methyl/N-ethyl adjacent to an activating group) is 1. The molecule has 0 radical (unpaired) electrons. The Morgan fingerprint density at radius 2 is 1.82 bits per heavy atom. The lowest BCUT2D eigenvalue weighted by Gasteiger charge is -2.15. The quantitative estimate of drug-likeness (QED) is 0.588. The van der Waals surface area contributed by atoms with Gasteiger partial charge in [-0.3, -0.25) is 9.52 Å². The third kappa shape index (κ3) is 6.51. The van der Waals surface area contributed by atoms with Crippen molar-refractivity contribution in [2.24, 2.45) is 0 Å². The number of ether oxygens (including phenoxy) is 2. The fraction of sp³-hybridized carbons (Fsp3) is 0.524. The van der Waals surface area contributed by atoms with Gasteiger partial charge in [-0.1, -0.05) is 0 Å². The summed E-state index contributed by atoms with van der Waals surface area (Å²) in [6.45, 7) is 1.55. The topological polar surface area (TPSA) is 144 Å². The van der Waals surface area contributed by atoms with E-state index in [0.29, 0.717) is 5.69 Å². The molecule has 2 aromatic heterocycles. The molecule has 1 aliphatic heterocycles. The summed E-state index contributed by atoms with van der Waals surface area (Å²) in [6, 6.07) is 2.02. The third-order valence-electron chi connectivity index (χ3n) is 5.58. The lowest BCUT2D eigenvalue weighted by molar-refractivity contribution is -0.122. The van der Waals surface area contributed by atoms with Crippen molar-refractivity contribution in [3.05, 3.63) is 29.7 Å². The van der Waals surface area contributed by atoms with E-state index in [1.165, 1.54) is 19.5 Å². The maximum Gasteiger partial charge on any atom is 0.316 e. The molecule has 11 nitrogen and oxygen atoms in total. The Labute approximate surface area is 193 Å². The summed E-state index contributed by atoms with van der Waals surface area (Å²) < 4.78 is 39.4. The van der Waals surface area contributed by atoms with E-state index in [9.17, 15) is 8.42 Å². The molecule has 2 aliphatic rings. The highest BCUT2D eigenvalue weighted by Gasteiger charge is 2.23. The zero-order valence-electron chi connectivity index (χ0n) is 18.7. The van der Waals surface area contributed by atoms with Crippen LogP contribution in [0.4, 0.5) is 5.69 Å². The van der Waals surface area contributed by atoms with E-state index < -0.39 is 10.0 Å². The molecule has 0 amide bonds. The van der Waals surface area contributed by atoms with Crippen molar-refractivity contribution in [2.75, 3.05) is 32.0 Å². The van der Waals surface area contributed by atoms with Gasteiger partial charge in [0, 0.05) is 25.2 Å². The van der Waals surface area contributed by atoms with Gasteiger partial charge in [-0.25, -0.2) is 23.4 Å². The molecule has 4 rings (SSSR count). The minimum atomic E-state index is -3.90. The van der Waals surface area contributed by atoms with Gasteiger partial charge >= 0.3 is 6.01 Å². The lowest BCUT2D eigenvalue weighted by atomic mass is 10.1. The summed E-state index contributed by atoms with van der Waals surface area (Å²) in [7, 11) is -0.355. The molecule has 0 bridgehead atoms. The monoisotopic (exact) mass is 479 g/mol. The van der Waals surface area contributed by atoms with Crippen LogP contribution < -0.4 is 14.2 Å². The maximum atomic E-state index is 12.9. The van der Waals surface area contributed by atoms with Crippen LogP contribution in [-0.2, 0) is 27.7 Å². The van der Waals surface area contributed by atoms with Gasteiger partial charge < -0.3 is 19.5 Å². The molecular weight excluding hydrogens is 450 g/mol. The van der Waals surface area contributed by atoms with Crippen LogP contribution in [0.25, 0.3) is 0 Å². The molecule has 1 fully saturated rings. The van der Waals surface area contributed by atoms with Crippen LogP contribution in [0.2, 0.25) is 0 Å². The number of fused-ring (bicyclic) bond motifs is 1. The number of nitrogens with one attached hydrogen (secondary N) is 1. The van der Waals surface area contributed by atoms with E-state index in [2.05, 4.69) is 31.6 Å². The first kappa shape index (κ1) is 24.6. The Balaban J connectivity index is 0.000000968. The van der Waals surface area contributed by atoms with Gasteiger partial charge in [0.2, 0.25) is 5.88 Å². The summed E-state index contributed by atoms with van der Waals surface area (Å²) in [5.41, 5.74) is 2.28. The molecule has 0 spiro atoms. The van der Waals surface area contributed by atoms with Crippen LogP contribution in [0.5, 0.6) is 11.9 Å². The molecule has 0 aromatic carbocycles. The zero-order chi connectivity index (χ0) is 23.8. The highest BCUT2D eigenvalue weighted by Crippen LogP contribution is 2.29. The third-order valence-corrected chi connectivity index (χ3v) is 6.90. The van der Waals surface area contributed by atoms with Gasteiger partial charge in [0.05, 0.1) is 19.5 Å². The van der Waals surface area contributed by atoms with Gasteiger partial charge in [0.25, 0.3) is 16.5 Å². The van der Waals surface area contributed by atoms with E-state index >= 15 is 0 Å². The van der Waals surface area contributed by atoms with Crippen LogP contribution in [0.15, 0.2) is 23.4 Å². The summed E-state index contributed by atoms with van der Waals surface area (Å²) >= 11 is 0. The first-order chi connectivity index (χ1) is 15.9. The summed E-state index contributed by atoms with van der Waals surface area (Å²) in [4.78, 5) is 23.3. The second kappa shape index (κ2) is 11.2. The summed E-state index contributed by atoms with van der Waals surface area (Å²) in [5.74, 6) is 0.254. The van der Waals surface area contributed by atoms with Crippen molar-refractivity contribution in [3.63, 3.8) is 0 Å². The van der Waals surface area contributed by atoms with E-state index in [1.807, 2.05) is 6.07 Å². The van der Waals surface area contributed by atoms with Crippen LogP contribution in [0.3, 0.4) is 0 Å². The SMILES string of the molecule is COc1nc2c(cc1NS(=O)(=O)c1cnc(OC3CCCC3)nc1)CCN(C)CC2.O=CO. The predicted octanol–water partition coefficient (Wildman–Crippen LogP) is 1.73. The number of hydrogen-bond acceptors (Lipinski definition) is 9. The number of rotatable bonds is 6. The number of aromatic nitrogens is 3. The highest BCUT2D eigenvalue weighted by molar-refractivity contribution is 7.92. The largest absolute Gasteiger partial charge is 0.483 e. The van der Waals surface area contributed by atoms with Gasteiger partial charge in [-0.15, -0.1) is 0 Å². The van der Waals surface area contributed by atoms with Crippen molar-refractivity contribution in [2.45, 2.75) is 49.5 Å². The van der Waals surface area contributed by atoms with Crippen molar-refractivity contribution in [3.8, 4) is 11.9 Å². The highest BCUT2D eigenvalue weighted by atomic mass is 32.2. The molecule has 180 valence electrons. The molecule has 0 saturated heterocycles. The number of sulfonamides is 1. The maximum absolute atomic E-state index is 12.9. The van der Waals surface area contributed by atoms with Crippen LogP contribution in [-0.4, -0.2) is 73.2 Å². The molecule has 3 heterocycles. The van der Waals surface area contributed by atoms with E-state index in [-0.39, 0.29) is 29.4 Å². The molecule has 2 N–H and O–H groups in total. The second-order valence-electron chi connectivity index (χ2n) is 7.89. The lowest BCUT2D eigenvalue weighted by Crippen LogP contribution is -2.20. The van der Waals surface area contributed by atoms with E-state index in [4.69, 9.17) is 19.4 Å². The Kier molecular flexibility index (Phi) is 8.39. The molecular formula is C21H29N5O6S. The molecule has 12 heteroatoms. The summed E-state index contributed by atoms with van der Waals surface area (Å²) in [5, 5.41) is 6.89. The standard InChI is InChI=1S/C20H27N5O4S.CH2O2/c1-25-9-7-14-11-18(19(28-2)23-17(14)8-10-25)24-30(26,27)16-12-21-20(22-13-16)29-15-5-3-4-6-15;2-1-3/h11-13,15,24H,3-10H2,1-2H3;1H,(H,2,3). The Bertz CT molecular complexity index is 1040. The fourth-order valence-electron chi connectivity index (χ4n) is 3.82. The van der Waals surface area contributed by atoms with Crippen molar-refractivity contribution < 1.29 is 27.8 Å². The molecule has 0 atom stereocenters. The number of carboxylic acid groups (broad SMARTS) is 1. The number of anilines is 1. The minimum absolute atomic E-state index is 0.0435. The number of nitrogens with zero attached hydrogens (tertiary/aromatic N) is 4. The molecule has 0 unspecified atom stereocenters. The van der Waals surface area contributed by atoms with E-state index in [1.54, 1.807) is 0 Å². The number of methoxy groups -OCH3 is 1. The van der Waals surface area contributed by atoms with Crippen molar-refractivity contribution >= 4 is 22.2 Å². The number of hydrogen-bond donors (Lipinski definition) is 2. The smallest absolute Gasteiger partial charge is 0.316 e. The minimum Gasteiger partial charge on any atom is -0.483 e. The molecule has 1 aliphatic carbocycles. The molecule has 2 aromatic rings. The van der Waals surface area contributed by atoms with Crippen molar-refractivity contribution in [1.29, 1.82) is 0 Å². The first-order valence-electron chi connectivity index (χ1n) is 10.7. The number of carbonyl (C=O) groups is 1. The van der Waals surface area contributed by atoms with E-state index in [0.717, 1.165) is 62.9 Å². The average Bonchev–Trinajstić information content (AvgIpc) is 3.23. The fourth-order valence-corrected chi connectivity index (χ4v) is 4.75. The molecule has 1 saturated carbocycles. The predicted molar refractivity (Wildman–Crippen MR) is 120 cm³/mol. The Morgan fingerprint density at radius 1 is 1.18 bits per heavy atom. The van der Waals surface area contributed by atoms with Crippen LogP contribution >= 0.6 is 0 Å². The van der Waals surface area contributed by atoms with Crippen LogP contribution in [0, 0.1) is 0 Å². The van der Waals surface area contributed by atoms with Crippen molar-refractivity contribution in [1.82, 2.24) is 19.9 Å². The Morgan fingerprint density at radius 3 is 2.45 bits per heavy atom. The Hall–Kier alpha value is -2.99. The van der Waals surface area contributed by atoms with Gasteiger partial charge in [-0.05, 0) is 50.8 Å². The van der Waals surface area contributed by atoms with Gasteiger partial charge in [0.15, 0.2) is 0 Å². The normalized spacial score (nSPS) is 16.7. The molecule has 33 heavy (non-hydrogen) atoms. The first-order valence-corrected chi connectivity index (χ1v) is 12.2. The zero-order valence-corrected chi connectivity index (χ0v) is 19.5.